The van der Waals surface area contributed by atoms with Gasteiger partial charge in [0.25, 0.3) is 5.91 Å². The minimum absolute atomic E-state index is 0.206. The first-order chi connectivity index (χ1) is 15.5. The third kappa shape index (κ3) is 4.21. The first kappa shape index (κ1) is 21.5. The van der Waals surface area contributed by atoms with Gasteiger partial charge < -0.3 is 9.64 Å². The Kier molecular flexibility index (Phi) is 6.20. The van der Waals surface area contributed by atoms with Crippen LogP contribution in [0.2, 0.25) is 0 Å². The smallest absolute Gasteiger partial charge is 0.272 e. The van der Waals surface area contributed by atoms with E-state index in [1.54, 1.807) is 43.7 Å². The molecule has 1 amide bonds. The van der Waals surface area contributed by atoms with Gasteiger partial charge in [-0.1, -0.05) is 12.1 Å². The predicted octanol–water partition coefficient (Wildman–Crippen LogP) is 4.36. The second-order valence-corrected chi connectivity index (χ2v) is 7.38. The van der Waals surface area contributed by atoms with Crippen molar-refractivity contribution in [3.8, 4) is 17.0 Å². The van der Waals surface area contributed by atoms with Gasteiger partial charge in [-0.25, -0.2) is 13.8 Å². The standard InChI is InChI=1S/C24H22F2N4O2/c1-3-32-23-18(15-5-4-6-17(26)9-15)7-8-21(29-23)24(31)30(2)14-16-11-28-22(10-25)20-13-27-12-19(16)20/h4-9,11,13H,3,10,12,14H2,1-2H3. The monoisotopic (exact) mass is 436 g/mol. The lowest BCUT2D eigenvalue weighted by molar-refractivity contribution is 0.0777. The van der Waals surface area contributed by atoms with Gasteiger partial charge in [0.2, 0.25) is 5.88 Å². The van der Waals surface area contributed by atoms with E-state index in [-0.39, 0.29) is 29.8 Å². The fourth-order valence-electron chi connectivity index (χ4n) is 3.67. The van der Waals surface area contributed by atoms with Crippen molar-refractivity contribution < 1.29 is 18.3 Å². The van der Waals surface area contributed by atoms with Crippen molar-refractivity contribution in [1.82, 2.24) is 14.9 Å². The molecule has 164 valence electrons. The van der Waals surface area contributed by atoms with Crippen molar-refractivity contribution in [2.24, 2.45) is 4.99 Å². The Morgan fingerprint density at radius 3 is 2.84 bits per heavy atom. The van der Waals surface area contributed by atoms with Crippen molar-refractivity contribution >= 4 is 12.1 Å². The van der Waals surface area contributed by atoms with E-state index in [4.69, 9.17) is 4.74 Å². The van der Waals surface area contributed by atoms with E-state index < -0.39 is 6.67 Å². The Morgan fingerprint density at radius 1 is 1.25 bits per heavy atom. The highest BCUT2D eigenvalue weighted by Crippen LogP contribution is 2.30. The van der Waals surface area contributed by atoms with Gasteiger partial charge in [-0.15, -0.1) is 0 Å². The molecule has 1 aliphatic heterocycles. The van der Waals surface area contributed by atoms with Crippen LogP contribution in [-0.2, 0) is 19.8 Å². The topological polar surface area (TPSA) is 67.7 Å². The fraction of sp³-hybridized carbons (Fsp3) is 0.250. The lowest BCUT2D eigenvalue weighted by Crippen LogP contribution is -2.28. The molecule has 4 rings (SSSR count). The molecule has 0 atom stereocenters. The number of aromatic nitrogens is 2. The third-order valence-electron chi connectivity index (χ3n) is 5.25. The molecule has 6 nitrogen and oxygen atoms in total. The number of fused-ring (bicyclic) bond motifs is 1. The number of ether oxygens (including phenoxy) is 1. The van der Waals surface area contributed by atoms with E-state index in [0.29, 0.717) is 35.5 Å². The molecule has 0 radical (unpaired) electrons. The number of benzene rings is 1. The van der Waals surface area contributed by atoms with Crippen molar-refractivity contribution in [2.75, 3.05) is 13.7 Å². The molecule has 3 heterocycles. The summed E-state index contributed by atoms with van der Waals surface area (Å²) in [4.78, 5) is 27.4. The van der Waals surface area contributed by atoms with E-state index in [1.165, 1.54) is 17.0 Å². The molecule has 0 spiro atoms. The summed E-state index contributed by atoms with van der Waals surface area (Å²) < 4.78 is 32.5. The molecule has 32 heavy (non-hydrogen) atoms. The maximum absolute atomic E-state index is 13.7. The molecule has 2 aromatic heterocycles. The lowest BCUT2D eigenvalue weighted by atomic mass is 10.0. The van der Waals surface area contributed by atoms with Crippen molar-refractivity contribution in [3.05, 3.63) is 76.5 Å². The highest BCUT2D eigenvalue weighted by Gasteiger charge is 2.21. The van der Waals surface area contributed by atoms with Crippen LogP contribution < -0.4 is 4.74 Å². The Bertz CT molecular complexity index is 1200. The van der Waals surface area contributed by atoms with E-state index in [1.807, 2.05) is 6.92 Å². The number of hydrogen-bond donors (Lipinski definition) is 0. The quantitative estimate of drug-likeness (QED) is 0.552. The van der Waals surface area contributed by atoms with Gasteiger partial charge in [0.05, 0.1) is 18.8 Å². The third-order valence-corrected chi connectivity index (χ3v) is 5.25. The Balaban J connectivity index is 1.59. The first-order valence-electron chi connectivity index (χ1n) is 10.2. The zero-order valence-corrected chi connectivity index (χ0v) is 17.8. The lowest BCUT2D eigenvalue weighted by Gasteiger charge is -2.20. The molecule has 0 bridgehead atoms. The number of alkyl halides is 1. The van der Waals surface area contributed by atoms with E-state index in [0.717, 1.165) is 11.1 Å². The normalized spacial score (nSPS) is 12.0. The van der Waals surface area contributed by atoms with Gasteiger partial charge in [0.15, 0.2) is 0 Å². The number of carbonyl (C=O) groups is 1. The van der Waals surface area contributed by atoms with E-state index in [2.05, 4.69) is 15.0 Å². The largest absolute Gasteiger partial charge is 0.478 e. The molecule has 1 aliphatic rings. The SMILES string of the molecule is CCOc1nc(C(=O)N(C)Cc2cnc(CF)c3c2CN=C3)ccc1-c1cccc(F)c1. The first-order valence-corrected chi connectivity index (χ1v) is 10.2. The van der Waals surface area contributed by atoms with Gasteiger partial charge in [0.1, 0.15) is 18.2 Å². The van der Waals surface area contributed by atoms with Crippen LogP contribution >= 0.6 is 0 Å². The van der Waals surface area contributed by atoms with Crippen LogP contribution in [0.25, 0.3) is 11.1 Å². The van der Waals surface area contributed by atoms with Crippen LogP contribution in [0.1, 0.15) is 39.8 Å². The minimum atomic E-state index is -0.662. The van der Waals surface area contributed by atoms with Crippen LogP contribution in [0.15, 0.2) is 47.6 Å². The number of hydrogen-bond acceptors (Lipinski definition) is 5. The fourth-order valence-corrected chi connectivity index (χ4v) is 3.67. The molecule has 0 N–H and O–H groups in total. The molecule has 8 heteroatoms. The number of aliphatic imine (C=N–C) groups is 1. The number of carbonyl (C=O) groups excluding carboxylic acids is 1. The summed E-state index contributed by atoms with van der Waals surface area (Å²) in [6, 6.07) is 9.42. The molecule has 0 saturated carbocycles. The zero-order valence-electron chi connectivity index (χ0n) is 17.8. The molecular formula is C24H22F2N4O2. The van der Waals surface area contributed by atoms with Gasteiger partial charge >= 0.3 is 0 Å². The predicted molar refractivity (Wildman–Crippen MR) is 117 cm³/mol. The molecule has 0 saturated heterocycles. The molecule has 1 aromatic carbocycles. The highest BCUT2D eigenvalue weighted by molar-refractivity contribution is 5.93. The van der Waals surface area contributed by atoms with Gasteiger partial charge in [-0.05, 0) is 47.9 Å². The van der Waals surface area contributed by atoms with E-state index >= 15 is 0 Å². The minimum Gasteiger partial charge on any atom is -0.478 e. The maximum Gasteiger partial charge on any atom is 0.272 e. The summed E-state index contributed by atoms with van der Waals surface area (Å²) >= 11 is 0. The number of halogens is 2. The molecule has 3 aromatic rings. The average molecular weight is 436 g/mol. The van der Waals surface area contributed by atoms with Crippen LogP contribution in [0.5, 0.6) is 5.88 Å². The van der Waals surface area contributed by atoms with Gasteiger partial charge in [-0.2, -0.15) is 0 Å². The van der Waals surface area contributed by atoms with Crippen molar-refractivity contribution in [3.63, 3.8) is 0 Å². The summed E-state index contributed by atoms with van der Waals surface area (Å²) in [6.45, 7) is 2.22. The van der Waals surface area contributed by atoms with E-state index in [9.17, 15) is 13.6 Å². The Morgan fingerprint density at radius 2 is 2.09 bits per heavy atom. The van der Waals surface area contributed by atoms with Crippen LogP contribution in [0, 0.1) is 5.82 Å². The average Bonchev–Trinajstić information content (AvgIpc) is 3.29. The van der Waals surface area contributed by atoms with Gasteiger partial charge in [-0.3, -0.25) is 14.8 Å². The Labute approximate surface area is 184 Å². The summed E-state index contributed by atoms with van der Waals surface area (Å²) in [5, 5.41) is 0. The van der Waals surface area contributed by atoms with Crippen LogP contribution in [0.4, 0.5) is 8.78 Å². The zero-order chi connectivity index (χ0) is 22.7. The summed E-state index contributed by atoms with van der Waals surface area (Å²) in [5.74, 6) is -0.409. The number of amides is 1. The highest BCUT2D eigenvalue weighted by atomic mass is 19.1. The maximum atomic E-state index is 13.7. The number of nitrogens with zero attached hydrogens (tertiary/aromatic N) is 4. The second kappa shape index (κ2) is 9.21. The second-order valence-electron chi connectivity index (χ2n) is 7.38. The molecule has 0 fully saturated rings. The molecule has 0 aliphatic carbocycles. The summed E-state index contributed by atoms with van der Waals surface area (Å²) in [6.07, 6.45) is 3.22. The Hall–Kier alpha value is -3.68. The van der Waals surface area contributed by atoms with Crippen molar-refractivity contribution in [2.45, 2.75) is 26.7 Å². The van der Waals surface area contributed by atoms with Crippen molar-refractivity contribution in [1.29, 1.82) is 0 Å². The van der Waals surface area contributed by atoms with Crippen LogP contribution in [0.3, 0.4) is 0 Å². The summed E-state index contributed by atoms with van der Waals surface area (Å²) in [7, 11) is 1.66. The summed E-state index contributed by atoms with van der Waals surface area (Å²) in [5.41, 5.74) is 4.17. The molecule has 0 unspecified atom stereocenters. The van der Waals surface area contributed by atoms with Gasteiger partial charge in [0, 0.05) is 37.1 Å². The molecular weight excluding hydrogens is 414 g/mol. The number of pyridine rings is 2. The number of rotatable bonds is 7. The van der Waals surface area contributed by atoms with Crippen LogP contribution in [-0.4, -0.2) is 40.6 Å².